The van der Waals surface area contributed by atoms with E-state index in [2.05, 4.69) is 30.3 Å². The molecule has 0 aromatic heterocycles. The van der Waals surface area contributed by atoms with E-state index in [1.54, 1.807) is 0 Å². The molecule has 2 aliphatic rings. The van der Waals surface area contributed by atoms with Gasteiger partial charge in [0.15, 0.2) is 5.96 Å². The third-order valence-electron chi connectivity index (χ3n) is 5.68. The van der Waals surface area contributed by atoms with E-state index in [1.165, 1.54) is 44.5 Å². The van der Waals surface area contributed by atoms with Crippen LogP contribution >= 0.6 is 24.0 Å². The summed E-state index contributed by atoms with van der Waals surface area (Å²) in [6, 6.07) is 6.81. The lowest BCUT2D eigenvalue weighted by Gasteiger charge is -2.36. The van der Waals surface area contributed by atoms with Gasteiger partial charge in [0, 0.05) is 65.1 Å². The summed E-state index contributed by atoms with van der Waals surface area (Å²) in [6.45, 7) is 10.4. The highest BCUT2D eigenvalue weighted by Crippen LogP contribution is 2.16. The van der Waals surface area contributed by atoms with E-state index in [4.69, 9.17) is 0 Å². The van der Waals surface area contributed by atoms with Crippen molar-refractivity contribution < 1.29 is 4.39 Å². The van der Waals surface area contributed by atoms with Crippen molar-refractivity contribution in [2.75, 3.05) is 77.4 Å². The molecule has 29 heavy (non-hydrogen) atoms. The average molecular weight is 518 g/mol. The Morgan fingerprint density at radius 3 is 1.97 bits per heavy atom. The molecule has 164 valence electrons. The van der Waals surface area contributed by atoms with Crippen molar-refractivity contribution in [3.63, 3.8) is 0 Å². The van der Waals surface area contributed by atoms with Crippen LogP contribution in [0.15, 0.2) is 29.3 Å². The topological polar surface area (TPSA) is 46.1 Å². The SMILES string of the molecule is CN=C(NCCN1CCCCC1)NCCN1CCN(c2ccc(F)cc2)CC1.I. The Morgan fingerprint density at radius 1 is 0.862 bits per heavy atom. The van der Waals surface area contributed by atoms with Crippen molar-refractivity contribution >= 4 is 35.6 Å². The number of benzene rings is 1. The van der Waals surface area contributed by atoms with Gasteiger partial charge in [-0.15, -0.1) is 24.0 Å². The van der Waals surface area contributed by atoms with Crippen molar-refractivity contribution in [2.45, 2.75) is 19.3 Å². The van der Waals surface area contributed by atoms with Gasteiger partial charge in [-0.1, -0.05) is 6.42 Å². The molecule has 0 spiro atoms. The van der Waals surface area contributed by atoms with Crippen LogP contribution in [0.3, 0.4) is 0 Å². The molecule has 1 aromatic carbocycles. The molecule has 2 saturated heterocycles. The molecule has 0 amide bonds. The maximum absolute atomic E-state index is 13.1. The lowest BCUT2D eigenvalue weighted by molar-refractivity contribution is 0.232. The number of hydrogen-bond acceptors (Lipinski definition) is 4. The van der Waals surface area contributed by atoms with E-state index in [0.29, 0.717) is 0 Å². The minimum absolute atomic E-state index is 0. The Labute approximate surface area is 191 Å². The van der Waals surface area contributed by atoms with Gasteiger partial charge in [-0.05, 0) is 50.2 Å². The van der Waals surface area contributed by atoms with Crippen molar-refractivity contribution in [2.24, 2.45) is 4.99 Å². The lowest BCUT2D eigenvalue weighted by atomic mass is 10.1. The zero-order chi connectivity index (χ0) is 19.6. The summed E-state index contributed by atoms with van der Waals surface area (Å²) >= 11 is 0. The fraction of sp³-hybridized carbons (Fsp3) is 0.667. The molecular weight excluding hydrogens is 482 g/mol. The number of aliphatic imine (C=N–C) groups is 1. The van der Waals surface area contributed by atoms with Gasteiger partial charge < -0.3 is 20.4 Å². The molecule has 1 aromatic rings. The Kier molecular flexibility index (Phi) is 11.0. The van der Waals surface area contributed by atoms with E-state index >= 15 is 0 Å². The summed E-state index contributed by atoms with van der Waals surface area (Å²) in [5.41, 5.74) is 1.11. The second-order valence-electron chi connectivity index (χ2n) is 7.63. The van der Waals surface area contributed by atoms with Crippen LogP contribution in [0.4, 0.5) is 10.1 Å². The van der Waals surface area contributed by atoms with Crippen LogP contribution in [0.1, 0.15) is 19.3 Å². The van der Waals surface area contributed by atoms with Crippen molar-refractivity contribution in [3.8, 4) is 0 Å². The Balaban J connectivity index is 0.00000300. The van der Waals surface area contributed by atoms with Gasteiger partial charge in [0.1, 0.15) is 5.82 Å². The normalized spacial score (nSPS) is 19.0. The molecule has 0 saturated carbocycles. The van der Waals surface area contributed by atoms with E-state index in [9.17, 15) is 4.39 Å². The van der Waals surface area contributed by atoms with Crippen LogP contribution in [0.2, 0.25) is 0 Å². The molecule has 8 heteroatoms. The maximum atomic E-state index is 13.1. The van der Waals surface area contributed by atoms with Crippen LogP contribution in [-0.2, 0) is 0 Å². The molecule has 2 fully saturated rings. The number of halogens is 2. The minimum atomic E-state index is -0.175. The van der Waals surface area contributed by atoms with Gasteiger partial charge in [-0.3, -0.25) is 9.89 Å². The molecule has 0 aliphatic carbocycles. The molecular formula is C21H36FIN6. The number of piperidine rings is 1. The zero-order valence-corrected chi connectivity index (χ0v) is 19.9. The zero-order valence-electron chi connectivity index (χ0n) is 17.6. The van der Waals surface area contributed by atoms with Crippen molar-refractivity contribution in [3.05, 3.63) is 30.1 Å². The fourth-order valence-corrected chi connectivity index (χ4v) is 3.95. The molecule has 2 N–H and O–H groups in total. The van der Waals surface area contributed by atoms with Crippen LogP contribution in [0.5, 0.6) is 0 Å². The molecule has 6 nitrogen and oxygen atoms in total. The standard InChI is InChI=1S/C21H35FN6.HI/c1-23-21(24-9-13-26-11-3-2-4-12-26)25-10-14-27-15-17-28(18-16-27)20-7-5-19(22)6-8-20;/h5-8H,2-4,9-18H2,1H3,(H2,23,24,25);1H. The number of guanidine groups is 1. The molecule has 0 radical (unpaired) electrons. The highest BCUT2D eigenvalue weighted by Gasteiger charge is 2.17. The van der Waals surface area contributed by atoms with Crippen LogP contribution in [0.25, 0.3) is 0 Å². The van der Waals surface area contributed by atoms with Crippen LogP contribution in [0, 0.1) is 5.82 Å². The third-order valence-corrected chi connectivity index (χ3v) is 5.68. The number of hydrogen-bond donors (Lipinski definition) is 2. The Morgan fingerprint density at radius 2 is 1.41 bits per heavy atom. The fourth-order valence-electron chi connectivity index (χ4n) is 3.95. The van der Waals surface area contributed by atoms with E-state index < -0.39 is 0 Å². The molecule has 0 atom stereocenters. The van der Waals surface area contributed by atoms with Gasteiger partial charge >= 0.3 is 0 Å². The number of rotatable bonds is 7. The molecule has 2 heterocycles. The Bertz CT molecular complexity index is 598. The maximum Gasteiger partial charge on any atom is 0.191 e. The average Bonchev–Trinajstić information content (AvgIpc) is 2.74. The first kappa shape index (κ1) is 24.1. The third kappa shape index (κ3) is 8.25. The summed E-state index contributed by atoms with van der Waals surface area (Å²) < 4.78 is 13.1. The highest BCUT2D eigenvalue weighted by molar-refractivity contribution is 14.0. The van der Waals surface area contributed by atoms with Crippen LogP contribution < -0.4 is 15.5 Å². The summed E-state index contributed by atoms with van der Waals surface area (Å²) in [6.07, 6.45) is 4.05. The highest BCUT2D eigenvalue weighted by atomic mass is 127. The number of nitrogens with zero attached hydrogens (tertiary/aromatic N) is 4. The van der Waals surface area contributed by atoms with E-state index in [-0.39, 0.29) is 29.8 Å². The summed E-state index contributed by atoms with van der Waals surface area (Å²) in [7, 11) is 1.83. The first-order chi connectivity index (χ1) is 13.7. The second-order valence-corrected chi connectivity index (χ2v) is 7.63. The smallest absolute Gasteiger partial charge is 0.191 e. The predicted molar refractivity (Wildman–Crippen MR) is 130 cm³/mol. The molecule has 3 rings (SSSR count). The quantitative estimate of drug-likeness (QED) is 0.330. The van der Waals surface area contributed by atoms with Gasteiger partial charge in [0.25, 0.3) is 0 Å². The van der Waals surface area contributed by atoms with Crippen LogP contribution in [-0.4, -0.2) is 88.3 Å². The summed E-state index contributed by atoms with van der Waals surface area (Å²) in [5.74, 6) is 0.716. The first-order valence-corrected chi connectivity index (χ1v) is 10.6. The molecule has 0 unspecified atom stereocenters. The number of piperazine rings is 1. The number of likely N-dealkylation sites (tertiary alicyclic amines) is 1. The Hall–Kier alpha value is -1.13. The largest absolute Gasteiger partial charge is 0.369 e. The monoisotopic (exact) mass is 518 g/mol. The van der Waals surface area contributed by atoms with E-state index in [0.717, 1.165) is 64.0 Å². The van der Waals surface area contributed by atoms with Gasteiger partial charge in [-0.25, -0.2) is 4.39 Å². The minimum Gasteiger partial charge on any atom is -0.369 e. The summed E-state index contributed by atoms with van der Waals surface area (Å²) in [5, 5.41) is 6.85. The second kappa shape index (κ2) is 13.2. The van der Waals surface area contributed by atoms with E-state index in [1.807, 2.05) is 19.2 Å². The first-order valence-electron chi connectivity index (χ1n) is 10.6. The summed E-state index contributed by atoms with van der Waals surface area (Å²) in [4.78, 5) is 11.7. The van der Waals surface area contributed by atoms with Gasteiger partial charge in [0.2, 0.25) is 0 Å². The lowest BCUT2D eigenvalue weighted by Crippen LogP contribution is -2.49. The predicted octanol–water partition coefficient (Wildman–Crippen LogP) is 2.22. The molecule has 0 bridgehead atoms. The van der Waals surface area contributed by atoms with Crippen molar-refractivity contribution in [1.82, 2.24) is 20.4 Å². The van der Waals surface area contributed by atoms with Gasteiger partial charge in [0.05, 0.1) is 0 Å². The number of nitrogens with one attached hydrogen (secondary N) is 2. The molecule has 2 aliphatic heterocycles. The van der Waals surface area contributed by atoms with Gasteiger partial charge in [-0.2, -0.15) is 0 Å². The number of anilines is 1. The van der Waals surface area contributed by atoms with Crippen molar-refractivity contribution in [1.29, 1.82) is 0 Å².